The van der Waals surface area contributed by atoms with E-state index in [9.17, 15) is 4.79 Å². The molecule has 0 unspecified atom stereocenters. The number of hydrogen-bond acceptors (Lipinski definition) is 5. The molecule has 0 aromatic carbocycles. The van der Waals surface area contributed by atoms with Crippen LogP contribution in [0.4, 0.5) is 0 Å². The van der Waals surface area contributed by atoms with E-state index in [1.807, 2.05) is 19.1 Å². The van der Waals surface area contributed by atoms with Gasteiger partial charge in [-0.2, -0.15) is 0 Å². The number of aryl methyl sites for hydroxylation is 1. The molecule has 0 aliphatic carbocycles. The molecule has 1 N–H and O–H groups in total. The Morgan fingerprint density at radius 2 is 2.14 bits per heavy atom. The van der Waals surface area contributed by atoms with Gasteiger partial charge in [-0.15, -0.1) is 11.3 Å². The molecular weight excluding hydrogens is 298 g/mol. The smallest absolute Gasteiger partial charge is 0.286 e. The van der Waals surface area contributed by atoms with Gasteiger partial charge in [0.2, 0.25) is 0 Å². The Hall–Kier alpha value is -2.47. The lowest BCUT2D eigenvalue weighted by atomic mass is 10.3. The maximum atomic E-state index is 11.8. The molecule has 1 amide bonds. The van der Waals surface area contributed by atoms with Crippen molar-refractivity contribution in [3.8, 4) is 10.6 Å². The molecule has 0 saturated carbocycles. The zero-order valence-electron chi connectivity index (χ0n) is 12.1. The minimum absolute atomic E-state index is 0.193. The van der Waals surface area contributed by atoms with Crippen LogP contribution >= 0.6 is 11.3 Å². The minimum atomic E-state index is -0.193. The highest BCUT2D eigenvalue weighted by Gasteiger charge is 2.11. The number of nitrogens with zero attached hydrogens (tertiary/aromatic N) is 2. The van der Waals surface area contributed by atoms with Gasteiger partial charge >= 0.3 is 0 Å². The first kappa shape index (κ1) is 14.5. The molecule has 112 valence electrons. The number of carbonyl (C=O) groups is 1. The van der Waals surface area contributed by atoms with Gasteiger partial charge in [-0.1, -0.05) is 0 Å². The number of nitrogens with one attached hydrogen (secondary N) is 1. The average Bonchev–Trinajstić information content (AvgIpc) is 3.18. The molecule has 0 radical (unpaired) electrons. The van der Waals surface area contributed by atoms with Crippen molar-refractivity contribution in [1.82, 2.24) is 15.3 Å². The summed E-state index contributed by atoms with van der Waals surface area (Å²) in [5.74, 6) is 0.139. The summed E-state index contributed by atoms with van der Waals surface area (Å²) in [6, 6.07) is 7.24. The van der Waals surface area contributed by atoms with Crippen molar-refractivity contribution in [2.75, 3.05) is 6.54 Å². The van der Waals surface area contributed by atoms with Crippen LogP contribution < -0.4 is 5.32 Å². The molecule has 22 heavy (non-hydrogen) atoms. The van der Waals surface area contributed by atoms with Crippen LogP contribution in [0.2, 0.25) is 0 Å². The molecule has 0 bridgehead atoms. The molecule has 3 aromatic heterocycles. The highest BCUT2D eigenvalue weighted by molar-refractivity contribution is 7.15. The third kappa shape index (κ3) is 3.23. The number of aromatic nitrogens is 2. The fourth-order valence-corrected chi connectivity index (χ4v) is 3.13. The van der Waals surface area contributed by atoms with Gasteiger partial charge in [0.1, 0.15) is 5.01 Å². The average molecular weight is 313 g/mol. The van der Waals surface area contributed by atoms with E-state index in [0.717, 1.165) is 22.7 Å². The van der Waals surface area contributed by atoms with Crippen LogP contribution in [0.3, 0.4) is 0 Å². The van der Waals surface area contributed by atoms with Gasteiger partial charge in [-0.3, -0.25) is 9.78 Å². The van der Waals surface area contributed by atoms with Gasteiger partial charge < -0.3 is 9.73 Å². The van der Waals surface area contributed by atoms with Crippen molar-refractivity contribution in [2.45, 2.75) is 13.3 Å². The Labute approximate surface area is 132 Å². The highest BCUT2D eigenvalue weighted by atomic mass is 32.1. The fourth-order valence-electron chi connectivity index (χ4n) is 2.06. The zero-order valence-corrected chi connectivity index (χ0v) is 12.9. The van der Waals surface area contributed by atoms with Crippen molar-refractivity contribution in [2.24, 2.45) is 0 Å². The Bertz CT molecular complexity index is 751. The summed E-state index contributed by atoms with van der Waals surface area (Å²) < 4.78 is 5.06. The number of amides is 1. The molecule has 0 aliphatic heterocycles. The van der Waals surface area contributed by atoms with Gasteiger partial charge in [0, 0.05) is 35.8 Å². The molecule has 3 aromatic rings. The van der Waals surface area contributed by atoms with Crippen molar-refractivity contribution in [3.63, 3.8) is 0 Å². The molecule has 0 atom stereocenters. The third-order valence-electron chi connectivity index (χ3n) is 3.20. The summed E-state index contributed by atoms with van der Waals surface area (Å²) >= 11 is 1.65. The fraction of sp³-hybridized carbons (Fsp3) is 0.188. The van der Waals surface area contributed by atoms with Gasteiger partial charge in [-0.05, 0) is 31.2 Å². The molecule has 3 heterocycles. The molecule has 0 aliphatic rings. The summed E-state index contributed by atoms with van der Waals surface area (Å²) in [7, 11) is 0. The number of thiazole rings is 1. The number of pyridine rings is 1. The molecule has 5 nitrogen and oxygen atoms in total. The number of rotatable bonds is 5. The summed E-state index contributed by atoms with van der Waals surface area (Å²) in [6.07, 6.45) is 5.76. The highest BCUT2D eigenvalue weighted by Crippen LogP contribution is 2.27. The van der Waals surface area contributed by atoms with Gasteiger partial charge in [0.05, 0.1) is 12.0 Å². The summed E-state index contributed by atoms with van der Waals surface area (Å²) in [5, 5.41) is 3.82. The normalized spacial score (nSPS) is 10.6. The van der Waals surface area contributed by atoms with Crippen molar-refractivity contribution < 1.29 is 9.21 Å². The predicted molar refractivity (Wildman–Crippen MR) is 84.8 cm³/mol. The van der Waals surface area contributed by atoms with Gasteiger partial charge in [0.25, 0.3) is 5.91 Å². The maximum Gasteiger partial charge on any atom is 0.286 e. The molecular formula is C16H15N3O2S. The van der Waals surface area contributed by atoms with Crippen LogP contribution in [0.5, 0.6) is 0 Å². The first-order chi connectivity index (χ1) is 10.7. The van der Waals surface area contributed by atoms with E-state index in [1.54, 1.807) is 35.9 Å². The van der Waals surface area contributed by atoms with E-state index >= 15 is 0 Å². The topological polar surface area (TPSA) is 68.0 Å². The van der Waals surface area contributed by atoms with Crippen molar-refractivity contribution in [3.05, 3.63) is 59.3 Å². The number of furan rings is 1. The van der Waals surface area contributed by atoms with Crippen molar-refractivity contribution in [1.29, 1.82) is 0 Å². The van der Waals surface area contributed by atoms with Crippen LogP contribution in [0.25, 0.3) is 10.6 Å². The Kier molecular flexibility index (Phi) is 4.29. The zero-order chi connectivity index (χ0) is 15.4. The maximum absolute atomic E-state index is 11.8. The Balaban J connectivity index is 1.61. The second-order valence-corrected chi connectivity index (χ2v) is 5.83. The summed E-state index contributed by atoms with van der Waals surface area (Å²) in [6.45, 7) is 2.54. The van der Waals surface area contributed by atoms with Crippen LogP contribution in [0.1, 0.15) is 21.1 Å². The first-order valence-corrected chi connectivity index (χ1v) is 7.74. The SMILES string of the molecule is Cc1nc(-c2ccncc2)sc1CCNC(=O)c1ccco1. The van der Waals surface area contributed by atoms with E-state index < -0.39 is 0 Å². The van der Waals surface area contributed by atoms with E-state index in [4.69, 9.17) is 4.42 Å². The van der Waals surface area contributed by atoms with E-state index in [0.29, 0.717) is 12.3 Å². The second-order valence-electron chi connectivity index (χ2n) is 4.75. The Morgan fingerprint density at radius 3 is 2.86 bits per heavy atom. The molecule has 0 spiro atoms. The third-order valence-corrected chi connectivity index (χ3v) is 4.47. The van der Waals surface area contributed by atoms with Gasteiger partial charge in [0.15, 0.2) is 5.76 Å². The lowest BCUT2D eigenvalue weighted by Gasteiger charge is -2.01. The summed E-state index contributed by atoms with van der Waals surface area (Å²) in [5.41, 5.74) is 2.07. The van der Waals surface area contributed by atoms with E-state index in [1.165, 1.54) is 11.1 Å². The van der Waals surface area contributed by atoms with Crippen LogP contribution in [0, 0.1) is 6.92 Å². The lowest BCUT2D eigenvalue weighted by Crippen LogP contribution is -2.25. The largest absolute Gasteiger partial charge is 0.459 e. The first-order valence-electron chi connectivity index (χ1n) is 6.92. The number of carbonyl (C=O) groups excluding carboxylic acids is 1. The standard InChI is InChI=1S/C16H15N3O2S/c1-11-14(6-9-18-15(20)13-3-2-10-21-13)22-16(19-11)12-4-7-17-8-5-12/h2-5,7-8,10H,6,9H2,1H3,(H,18,20). The van der Waals surface area contributed by atoms with Crippen LogP contribution in [-0.4, -0.2) is 22.4 Å². The molecule has 0 saturated heterocycles. The van der Waals surface area contributed by atoms with Gasteiger partial charge in [-0.25, -0.2) is 4.98 Å². The quantitative estimate of drug-likeness (QED) is 0.786. The van der Waals surface area contributed by atoms with E-state index in [2.05, 4.69) is 15.3 Å². The number of hydrogen-bond donors (Lipinski definition) is 1. The van der Waals surface area contributed by atoms with E-state index in [-0.39, 0.29) is 5.91 Å². The second kappa shape index (κ2) is 6.53. The van der Waals surface area contributed by atoms with Crippen molar-refractivity contribution >= 4 is 17.2 Å². The molecule has 0 fully saturated rings. The van der Waals surface area contributed by atoms with Crippen LogP contribution in [-0.2, 0) is 6.42 Å². The molecule has 3 rings (SSSR count). The Morgan fingerprint density at radius 1 is 1.32 bits per heavy atom. The minimum Gasteiger partial charge on any atom is -0.459 e. The molecule has 6 heteroatoms. The summed E-state index contributed by atoms with van der Waals surface area (Å²) in [4.78, 5) is 21.6. The predicted octanol–water partition coefficient (Wildman–Crippen LogP) is 3.08. The van der Waals surface area contributed by atoms with Crippen LogP contribution in [0.15, 0.2) is 47.3 Å². The lowest BCUT2D eigenvalue weighted by molar-refractivity contribution is 0.0926. The monoisotopic (exact) mass is 313 g/mol.